The normalized spacial score (nSPS) is 10.0. The topological polar surface area (TPSA) is 47.6 Å². The summed E-state index contributed by atoms with van der Waals surface area (Å²) in [6, 6.07) is 12.4. The monoisotopic (exact) mass is 305 g/mol. The number of anilines is 1. The first-order valence-corrected chi connectivity index (χ1v) is 6.76. The van der Waals surface area contributed by atoms with Crippen LogP contribution in [0.15, 0.2) is 42.5 Å². The van der Waals surface area contributed by atoms with Gasteiger partial charge in [-0.25, -0.2) is 0 Å². The quantitative estimate of drug-likeness (QED) is 0.919. The van der Waals surface area contributed by atoms with E-state index in [-0.39, 0.29) is 12.3 Å². The highest BCUT2D eigenvalue weighted by Gasteiger charge is 2.10. The lowest BCUT2D eigenvalue weighted by atomic mass is 10.1. The highest BCUT2D eigenvalue weighted by molar-refractivity contribution is 6.30. The molecule has 21 heavy (non-hydrogen) atoms. The first kappa shape index (κ1) is 15.2. The highest BCUT2D eigenvalue weighted by atomic mass is 35.5. The zero-order valence-corrected chi connectivity index (χ0v) is 12.6. The van der Waals surface area contributed by atoms with Gasteiger partial charge in [0.2, 0.25) is 5.91 Å². The molecule has 0 fully saturated rings. The van der Waals surface area contributed by atoms with E-state index >= 15 is 0 Å². The number of rotatable bonds is 5. The molecule has 110 valence electrons. The zero-order valence-electron chi connectivity index (χ0n) is 11.9. The molecule has 0 saturated heterocycles. The van der Waals surface area contributed by atoms with Crippen molar-refractivity contribution in [2.45, 2.75) is 6.42 Å². The molecule has 4 nitrogen and oxygen atoms in total. The van der Waals surface area contributed by atoms with Crippen molar-refractivity contribution in [3.63, 3.8) is 0 Å². The second-order valence-electron chi connectivity index (χ2n) is 4.41. The fourth-order valence-corrected chi connectivity index (χ4v) is 2.16. The van der Waals surface area contributed by atoms with Gasteiger partial charge >= 0.3 is 0 Å². The second-order valence-corrected chi connectivity index (χ2v) is 4.85. The van der Waals surface area contributed by atoms with Gasteiger partial charge < -0.3 is 14.8 Å². The predicted molar refractivity (Wildman–Crippen MR) is 83.3 cm³/mol. The molecule has 5 heteroatoms. The second kappa shape index (κ2) is 6.99. The fraction of sp³-hybridized carbons (Fsp3) is 0.188. The van der Waals surface area contributed by atoms with Crippen LogP contribution in [0.4, 0.5) is 5.69 Å². The molecule has 2 aromatic carbocycles. The van der Waals surface area contributed by atoms with Crippen LogP contribution in [0.5, 0.6) is 11.5 Å². The number of carbonyl (C=O) groups excluding carboxylic acids is 1. The average molecular weight is 306 g/mol. The number of methoxy groups -OCH3 is 2. The number of ether oxygens (including phenoxy) is 2. The number of nitrogens with one attached hydrogen (secondary N) is 1. The maximum atomic E-state index is 12.1. The first-order valence-electron chi connectivity index (χ1n) is 6.38. The predicted octanol–water partition coefficient (Wildman–Crippen LogP) is 3.54. The van der Waals surface area contributed by atoms with Crippen LogP contribution in [-0.4, -0.2) is 20.1 Å². The third-order valence-electron chi connectivity index (χ3n) is 2.95. The number of hydrogen-bond acceptors (Lipinski definition) is 3. The molecule has 1 N–H and O–H groups in total. The van der Waals surface area contributed by atoms with Gasteiger partial charge in [-0.15, -0.1) is 0 Å². The van der Waals surface area contributed by atoms with Crippen LogP contribution >= 0.6 is 11.6 Å². The van der Waals surface area contributed by atoms with E-state index in [2.05, 4.69) is 5.32 Å². The number of hydrogen-bond donors (Lipinski definition) is 1. The summed E-state index contributed by atoms with van der Waals surface area (Å²) in [7, 11) is 3.14. The van der Waals surface area contributed by atoms with Crippen LogP contribution in [0, 0.1) is 0 Å². The van der Waals surface area contributed by atoms with Crippen LogP contribution in [0.1, 0.15) is 5.56 Å². The van der Waals surface area contributed by atoms with Crippen molar-refractivity contribution in [1.82, 2.24) is 0 Å². The summed E-state index contributed by atoms with van der Waals surface area (Å²) in [6.07, 6.45) is 0.181. The van der Waals surface area contributed by atoms with E-state index in [1.54, 1.807) is 44.6 Å². The van der Waals surface area contributed by atoms with Crippen LogP contribution < -0.4 is 14.8 Å². The molecule has 0 atom stereocenters. The Balaban J connectivity index is 2.09. The van der Waals surface area contributed by atoms with Gasteiger partial charge in [0.15, 0.2) is 0 Å². The van der Waals surface area contributed by atoms with Crippen molar-refractivity contribution in [3.8, 4) is 11.5 Å². The smallest absolute Gasteiger partial charge is 0.228 e. The maximum absolute atomic E-state index is 12.1. The van der Waals surface area contributed by atoms with Gasteiger partial charge in [-0.05, 0) is 30.3 Å². The number of amides is 1. The van der Waals surface area contributed by atoms with Crippen molar-refractivity contribution in [3.05, 3.63) is 53.1 Å². The van der Waals surface area contributed by atoms with E-state index < -0.39 is 0 Å². The van der Waals surface area contributed by atoms with E-state index in [1.807, 2.05) is 12.1 Å². The molecule has 2 aromatic rings. The molecule has 0 aliphatic carbocycles. The van der Waals surface area contributed by atoms with Crippen molar-refractivity contribution >= 4 is 23.2 Å². The lowest BCUT2D eigenvalue weighted by molar-refractivity contribution is -0.115. The Labute approximate surface area is 128 Å². The lowest BCUT2D eigenvalue weighted by Crippen LogP contribution is -2.15. The Bertz CT molecular complexity index is 643. The summed E-state index contributed by atoms with van der Waals surface area (Å²) in [6.45, 7) is 0. The molecule has 0 aliphatic heterocycles. The number of halogens is 1. The minimum Gasteiger partial charge on any atom is -0.497 e. The third kappa shape index (κ3) is 4.13. The summed E-state index contributed by atoms with van der Waals surface area (Å²) in [5.41, 5.74) is 1.42. The molecular formula is C16H16ClNO3. The molecule has 1 amide bonds. The fourth-order valence-electron chi connectivity index (χ4n) is 1.96. The maximum Gasteiger partial charge on any atom is 0.228 e. The minimum atomic E-state index is -0.149. The van der Waals surface area contributed by atoms with Crippen LogP contribution in [0.3, 0.4) is 0 Å². The van der Waals surface area contributed by atoms with Crippen LogP contribution in [0.25, 0.3) is 0 Å². The Kier molecular flexibility index (Phi) is 5.06. The SMILES string of the molecule is COc1cccc(NC(=O)Cc2cc(Cl)ccc2OC)c1. The summed E-state index contributed by atoms with van der Waals surface area (Å²) >= 11 is 5.95. The molecule has 0 radical (unpaired) electrons. The Morgan fingerprint density at radius 2 is 1.95 bits per heavy atom. The first-order chi connectivity index (χ1) is 10.1. The summed E-state index contributed by atoms with van der Waals surface area (Å²) in [4.78, 5) is 12.1. The largest absolute Gasteiger partial charge is 0.497 e. The molecule has 0 heterocycles. The van der Waals surface area contributed by atoms with Crippen molar-refractivity contribution in [1.29, 1.82) is 0 Å². The Hall–Kier alpha value is -2.20. The zero-order chi connectivity index (χ0) is 15.2. The number of benzene rings is 2. The van der Waals surface area contributed by atoms with Crippen molar-refractivity contribution in [2.24, 2.45) is 0 Å². The third-order valence-corrected chi connectivity index (χ3v) is 3.18. The summed E-state index contributed by atoms with van der Waals surface area (Å²) < 4.78 is 10.3. The van der Waals surface area contributed by atoms with E-state index in [0.717, 1.165) is 5.56 Å². The average Bonchev–Trinajstić information content (AvgIpc) is 2.47. The minimum absolute atomic E-state index is 0.149. The summed E-state index contributed by atoms with van der Waals surface area (Å²) in [5.74, 6) is 1.18. The standard InChI is InChI=1S/C16H16ClNO3/c1-20-14-5-3-4-13(10-14)18-16(19)9-11-8-12(17)6-7-15(11)21-2/h3-8,10H,9H2,1-2H3,(H,18,19). The van der Waals surface area contributed by atoms with Crippen molar-refractivity contribution < 1.29 is 14.3 Å². The summed E-state index contributed by atoms with van der Waals surface area (Å²) in [5, 5.41) is 3.39. The van der Waals surface area contributed by atoms with Gasteiger partial charge in [-0.2, -0.15) is 0 Å². The van der Waals surface area contributed by atoms with E-state index in [9.17, 15) is 4.79 Å². The van der Waals surface area contributed by atoms with Gasteiger partial charge in [-0.3, -0.25) is 4.79 Å². The van der Waals surface area contributed by atoms with Crippen LogP contribution in [-0.2, 0) is 11.2 Å². The van der Waals surface area contributed by atoms with Crippen LogP contribution in [0.2, 0.25) is 5.02 Å². The highest BCUT2D eigenvalue weighted by Crippen LogP contribution is 2.24. The molecule has 0 spiro atoms. The Morgan fingerprint density at radius 1 is 1.14 bits per heavy atom. The molecule has 0 saturated carbocycles. The molecule has 0 unspecified atom stereocenters. The van der Waals surface area contributed by atoms with Gasteiger partial charge in [-0.1, -0.05) is 17.7 Å². The van der Waals surface area contributed by atoms with Crippen molar-refractivity contribution in [2.75, 3.05) is 19.5 Å². The van der Waals surface area contributed by atoms with E-state index in [0.29, 0.717) is 22.2 Å². The van der Waals surface area contributed by atoms with Gasteiger partial charge in [0.25, 0.3) is 0 Å². The van der Waals surface area contributed by atoms with Gasteiger partial charge in [0.05, 0.1) is 20.6 Å². The molecule has 2 rings (SSSR count). The Morgan fingerprint density at radius 3 is 2.67 bits per heavy atom. The number of carbonyl (C=O) groups is 1. The van der Waals surface area contributed by atoms with E-state index in [4.69, 9.17) is 21.1 Å². The van der Waals surface area contributed by atoms with Gasteiger partial charge in [0.1, 0.15) is 11.5 Å². The molecular weight excluding hydrogens is 290 g/mol. The van der Waals surface area contributed by atoms with E-state index in [1.165, 1.54) is 0 Å². The lowest BCUT2D eigenvalue weighted by Gasteiger charge is -2.10. The molecule has 0 aromatic heterocycles. The molecule has 0 bridgehead atoms. The molecule has 0 aliphatic rings. The van der Waals surface area contributed by atoms with Gasteiger partial charge in [0, 0.05) is 22.3 Å².